The van der Waals surface area contributed by atoms with Crippen LogP contribution in [-0.2, 0) is 17.9 Å². The summed E-state index contributed by atoms with van der Waals surface area (Å²) < 4.78 is 8.25. The summed E-state index contributed by atoms with van der Waals surface area (Å²) in [5, 5.41) is 20.6. The van der Waals surface area contributed by atoms with Gasteiger partial charge in [0, 0.05) is 31.0 Å². The summed E-state index contributed by atoms with van der Waals surface area (Å²) in [4.78, 5) is 24.2. The van der Waals surface area contributed by atoms with Gasteiger partial charge in [-0.1, -0.05) is 38.5 Å². The third kappa shape index (κ3) is 6.51. The van der Waals surface area contributed by atoms with E-state index in [0.717, 1.165) is 52.3 Å². The highest BCUT2D eigenvalue weighted by molar-refractivity contribution is 7.15. The van der Waals surface area contributed by atoms with Crippen molar-refractivity contribution >= 4 is 50.4 Å². The Bertz CT molecular complexity index is 1600. The van der Waals surface area contributed by atoms with E-state index in [0.29, 0.717) is 22.5 Å². The summed E-state index contributed by atoms with van der Waals surface area (Å²) in [6, 6.07) is 2.09. The van der Waals surface area contributed by atoms with Gasteiger partial charge in [0.25, 0.3) is 0 Å². The zero-order valence-corrected chi connectivity index (χ0v) is 24.9. The first-order chi connectivity index (χ1) is 19.3. The van der Waals surface area contributed by atoms with E-state index in [1.807, 2.05) is 30.6 Å². The van der Waals surface area contributed by atoms with Crippen LogP contribution in [0, 0.1) is 19.8 Å². The number of hydrogen-bond donors (Lipinski definition) is 2. The lowest BCUT2D eigenvalue weighted by Gasteiger charge is -2.22. The van der Waals surface area contributed by atoms with E-state index in [1.54, 1.807) is 17.1 Å². The molecule has 0 spiro atoms. The Morgan fingerprint density at radius 1 is 1.18 bits per heavy atom. The van der Waals surface area contributed by atoms with Crippen LogP contribution < -0.4 is 10.6 Å². The van der Waals surface area contributed by atoms with Gasteiger partial charge in [0.15, 0.2) is 11.5 Å². The van der Waals surface area contributed by atoms with E-state index in [1.165, 1.54) is 29.3 Å². The number of hydrogen-bond acceptors (Lipinski definition) is 11. The van der Waals surface area contributed by atoms with Gasteiger partial charge in [-0.15, -0.1) is 10.2 Å². The zero-order valence-electron chi connectivity index (χ0n) is 23.2. The number of anilines is 3. The van der Waals surface area contributed by atoms with E-state index in [2.05, 4.69) is 67.0 Å². The molecule has 5 aromatic rings. The molecule has 0 aromatic carbocycles. The number of carbonyl (C=O) groups is 1. The Kier molecular flexibility index (Phi) is 8.47. The fourth-order valence-corrected chi connectivity index (χ4v) is 5.57. The smallest absolute Gasteiger partial charge is 0.247 e. The average Bonchev–Trinajstić information content (AvgIpc) is 3.72. The fraction of sp³-hybridized carbons (Fsp3) is 0.423. The maximum absolute atomic E-state index is 12.4. The summed E-state index contributed by atoms with van der Waals surface area (Å²) in [6.07, 6.45) is 8.45. The van der Waals surface area contributed by atoms with Gasteiger partial charge < -0.3 is 5.32 Å². The summed E-state index contributed by atoms with van der Waals surface area (Å²) in [5.74, 6) is 1.10. The maximum atomic E-state index is 12.4. The number of carbonyl (C=O) groups excluding carboxylic acids is 1. The number of imidazole rings is 1. The molecule has 5 heterocycles. The molecule has 5 rings (SSSR count). The molecule has 1 unspecified atom stereocenters. The molecule has 0 fully saturated rings. The molecule has 1 atom stereocenters. The molecule has 210 valence electrons. The second-order valence-electron chi connectivity index (χ2n) is 9.82. The predicted octanol–water partition coefficient (Wildman–Crippen LogP) is 4.77. The molecule has 12 nitrogen and oxygen atoms in total. The molecule has 0 aliphatic heterocycles. The number of aryl methyl sites for hydroxylation is 2. The van der Waals surface area contributed by atoms with E-state index in [4.69, 9.17) is 4.98 Å². The maximum Gasteiger partial charge on any atom is 0.247 e. The van der Waals surface area contributed by atoms with Crippen molar-refractivity contribution in [3.8, 4) is 11.3 Å². The third-order valence-corrected chi connectivity index (χ3v) is 8.02. The molecule has 2 N–H and O–H groups in total. The first-order valence-corrected chi connectivity index (χ1v) is 14.8. The molecule has 5 aromatic heterocycles. The lowest BCUT2D eigenvalue weighted by atomic mass is 10.1. The molecule has 0 aliphatic carbocycles. The van der Waals surface area contributed by atoms with Crippen LogP contribution in [0.15, 0.2) is 30.9 Å². The molecular weight excluding hydrogens is 546 g/mol. The second-order valence-corrected chi connectivity index (χ2v) is 11.8. The normalized spacial score (nSPS) is 12.3. The van der Waals surface area contributed by atoms with Crippen LogP contribution in [0.1, 0.15) is 43.6 Å². The van der Waals surface area contributed by atoms with Crippen LogP contribution in [0.5, 0.6) is 0 Å². The van der Waals surface area contributed by atoms with Crippen molar-refractivity contribution in [3.05, 3.63) is 47.2 Å². The molecule has 0 radical (unpaired) electrons. The summed E-state index contributed by atoms with van der Waals surface area (Å²) in [7, 11) is 0. The van der Waals surface area contributed by atoms with Crippen molar-refractivity contribution in [2.45, 2.75) is 54.1 Å². The highest BCUT2D eigenvalue weighted by Gasteiger charge is 2.16. The third-order valence-electron chi connectivity index (χ3n) is 6.52. The van der Waals surface area contributed by atoms with Gasteiger partial charge in [0.2, 0.25) is 11.0 Å². The molecular formula is C26H33N11OS2. The second kappa shape index (κ2) is 12.2. The quantitative estimate of drug-likeness (QED) is 0.215. The molecule has 0 saturated carbocycles. The monoisotopic (exact) mass is 579 g/mol. The Morgan fingerprint density at radius 3 is 2.77 bits per heavy atom. The zero-order chi connectivity index (χ0) is 28.2. The van der Waals surface area contributed by atoms with Gasteiger partial charge >= 0.3 is 0 Å². The highest BCUT2D eigenvalue weighted by atomic mass is 32.1. The predicted molar refractivity (Wildman–Crippen MR) is 158 cm³/mol. The molecule has 0 aliphatic rings. The number of fused-ring (bicyclic) bond motifs is 1. The van der Waals surface area contributed by atoms with E-state index in [9.17, 15) is 4.79 Å². The van der Waals surface area contributed by atoms with Crippen molar-refractivity contribution in [3.63, 3.8) is 0 Å². The van der Waals surface area contributed by atoms with Gasteiger partial charge in [0.1, 0.15) is 16.6 Å². The molecule has 14 heteroatoms. The standard InChI is InChI=1S/C26H33N11OS2/c1-6-16(3)11-35(7-2)14-20-8-23(40-34-20)31-24-25-27-10-21(37(25)12-17(4)29-24)19-9-28-36(13-19)15-22(38)30-26-33-32-18(5)39-26/h8-10,12-13,16H,6-7,11,14-15H2,1-5H3,(H,29,31)(H,30,33,38). The Balaban J connectivity index is 1.30. The van der Waals surface area contributed by atoms with Crippen molar-refractivity contribution in [1.29, 1.82) is 0 Å². The summed E-state index contributed by atoms with van der Waals surface area (Å²) in [5.41, 5.74) is 4.26. The molecule has 0 saturated heterocycles. The van der Waals surface area contributed by atoms with Crippen LogP contribution in [0.3, 0.4) is 0 Å². The average molecular weight is 580 g/mol. The van der Waals surface area contributed by atoms with Crippen molar-refractivity contribution in [2.24, 2.45) is 5.92 Å². The van der Waals surface area contributed by atoms with Gasteiger partial charge in [-0.3, -0.25) is 24.1 Å². The lowest BCUT2D eigenvalue weighted by molar-refractivity contribution is -0.116. The molecule has 40 heavy (non-hydrogen) atoms. The van der Waals surface area contributed by atoms with E-state index < -0.39 is 0 Å². The summed E-state index contributed by atoms with van der Waals surface area (Å²) in [6.45, 7) is 13.4. The Morgan fingerprint density at radius 2 is 2.02 bits per heavy atom. The van der Waals surface area contributed by atoms with E-state index >= 15 is 0 Å². The van der Waals surface area contributed by atoms with Crippen LogP contribution in [-0.4, -0.2) is 62.6 Å². The number of rotatable bonds is 12. The van der Waals surface area contributed by atoms with Crippen LogP contribution in [0.4, 0.5) is 16.0 Å². The van der Waals surface area contributed by atoms with Crippen molar-refractivity contribution < 1.29 is 4.79 Å². The summed E-state index contributed by atoms with van der Waals surface area (Å²) >= 11 is 2.76. The SMILES string of the molecule is CCC(C)CN(CC)Cc1cc(Nc2nc(C)cn3c(-c4cnn(CC(=O)Nc5nnc(C)s5)c4)cnc23)sn1. The first-order valence-electron chi connectivity index (χ1n) is 13.2. The lowest BCUT2D eigenvalue weighted by Crippen LogP contribution is -2.27. The van der Waals surface area contributed by atoms with Gasteiger partial charge in [-0.25, -0.2) is 9.97 Å². The number of nitrogens with zero attached hydrogens (tertiary/aromatic N) is 9. The minimum atomic E-state index is -0.221. The number of nitrogens with one attached hydrogen (secondary N) is 2. The van der Waals surface area contributed by atoms with Crippen LogP contribution in [0.2, 0.25) is 0 Å². The number of amides is 1. The Hall–Kier alpha value is -3.75. The minimum Gasteiger partial charge on any atom is -0.328 e. The van der Waals surface area contributed by atoms with Gasteiger partial charge in [-0.2, -0.15) is 9.47 Å². The van der Waals surface area contributed by atoms with Gasteiger partial charge in [0.05, 0.1) is 29.5 Å². The van der Waals surface area contributed by atoms with E-state index in [-0.39, 0.29) is 12.5 Å². The minimum absolute atomic E-state index is 0.0588. The van der Waals surface area contributed by atoms with Crippen molar-refractivity contribution in [2.75, 3.05) is 23.7 Å². The highest BCUT2D eigenvalue weighted by Crippen LogP contribution is 2.28. The molecule has 1 amide bonds. The topological polar surface area (TPSA) is 131 Å². The van der Waals surface area contributed by atoms with Crippen LogP contribution in [0.25, 0.3) is 16.9 Å². The molecule has 0 bridgehead atoms. The Labute approximate surface area is 240 Å². The van der Waals surface area contributed by atoms with Crippen LogP contribution >= 0.6 is 22.9 Å². The van der Waals surface area contributed by atoms with Gasteiger partial charge in [-0.05, 0) is 43.9 Å². The van der Waals surface area contributed by atoms with Crippen molar-refractivity contribution in [1.82, 2.24) is 43.6 Å². The largest absolute Gasteiger partial charge is 0.328 e. The number of aromatic nitrogens is 8. The first kappa shape index (κ1) is 27.8. The fourth-order valence-electron chi connectivity index (χ4n) is 4.31.